The molecule has 0 atom stereocenters. The fourth-order valence-electron chi connectivity index (χ4n) is 2.56. The summed E-state index contributed by atoms with van der Waals surface area (Å²) in [4.78, 5) is 11.7. The Balaban J connectivity index is 0.00000180. The molecule has 0 aromatic heterocycles. The van der Waals surface area contributed by atoms with Crippen LogP contribution in [0.15, 0.2) is 30.3 Å². The number of rotatable bonds is 6. The third-order valence-corrected chi connectivity index (χ3v) is 3.92. The quantitative estimate of drug-likeness (QED) is 0.840. The molecule has 1 aliphatic carbocycles. The zero-order chi connectivity index (χ0) is 12.8. The topological polar surface area (TPSA) is 41.1 Å². The summed E-state index contributed by atoms with van der Waals surface area (Å²) in [6.07, 6.45) is 4.19. The van der Waals surface area contributed by atoms with Crippen LogP contribution in [0.4, 0.5) is 0 Å². The second-order valence-electron chi connectivity index (χ2n) is 5.13. The van der Waals surface area contributed by atoms with E-state index in [1.165, 1.54) is 24.8 Å². The van der Waals surface area contributed by atoms with Gasteiger partial charge in [-0.25, -0.2) is 0 Å². The summed E-state index contributed by atoms with van der Waals surface area (Å²) in [6.45, 7) is 1.52. The number of benzene rings is 1. The maximum Gasteiger partial charge on any atom is 0.221 e. The molecule has 0 unspecified atom stereocenters. The number of halogens is 1. The molecule has 19 heavy (non-hydrogen) atoms. The van der Waals surface area contributed by atoms with Crippen molar-refractivity contribution in [3.8, 4) is 0 Å². The summed E-state index contributed by atoms with van der Waals surface area (Å²) in [5.41, 5.74) is 1.56. The first-order valence-electron chi connectivity index (χ1n) is 6.74. The van der Waals surface area contributed by atoms with Gasteiger partial charge >= 0.3 is 0 Å². The largest absolute Gasteiger partial charge is 0.355 e. The molecule has 1 aliphatic rings. The molecular formula is C15H23ClN2O. The Morgan fingerprint density at radius 2 is 1.95 bits per heavy atom. The fraction of sp³-hybridized carbons (Fsp3) is 0.533. The molecule has 0 saturated heterocycles. The highest BCUT2D eigenvalue weighted by atomic mass is 35.5. The molecule has 1 aromatic carbocycles. The lowest BCUT2D eigenvalue weighted by atomic mass is 9.64. The molecular weight excluding hydrogens is 260 g/mol. The smallest absolute Gasteiger partial charge is 0.221 e. The van der Waals surface area contributed by atoms with Crippen LogP contribution >= 0.6 is 12.4 Å². The van der Waals surface area contributed by atoms with Crippen LogP contribution in [-0.4, -0.2) is 26.0 Å². The molecule has 1 fully saturated rings. The van der Waals surface area contributed by atoms with Crippen molar-refractivity contribution in [3.63, 3.8) is 0 Å². The van der Waals surface area contributed by atoms with Crippen molar-refractivity contribution in [2.24, 2.45) is 0 Å². The molecule has 1 amide bonds. The van der Waals surface area contributed by atoms with E-state index in [0.29, 0.717) is 6.42 Å². The summed E-state index contributed by atoms with van der Waals surface area (Å²) in [6, 6.07) is 10.6. The lowest BCUT2D eigenvalue weighted by Gasteiger charge is -2.42. The van der Waals surface area contributed by atoms with Gasteiger partial charge in [-0.15, -0.1) is 12.4 Å². The van der Waals surface area contributed by atoms with Crippen LogP contribution in [0.2, 0.25) is 0 Å². The van der Waals surface area contributed by atoms with Gasteiger partial charge in [0, 0.05) is 24.9 Å². The third-order valence-electron chi connectivity index (χ3n) is 3.92. The van der Waals surface area contributed by atoms with Crippen LogP contribution in [0.3, 0.4) is 0 Å². The van der Waals surface area contributed by atoms with Gasteiger partial charge < -0.3 is 10.6 Å². The van der Waals surface area contributed by atoms with Crippen LogP contribution in [0.1, 0.15) is 31.2 Å². The molecule has 106 valence electrons. The van der Waals surface area contributed by atoms with Gasteiger partial charge in [0.15, 0.2) is 0 Å². The summed E-state index contributed by atoms with van der Waals surface area (Å²) in [7, 11) is 1.87. The van der Waals surface area contributed by atoms with Crippen molar-refractivity contribution < 1.29 is 4.79 Å². The molecule has 2 rings (SSSR count). The van der Waals surface area contributed by atoms with Crippen molar-refractivity contribution >= 4 is 18.3 Å². The van der Waals surface area contributed by atoms with E-state index >= 15 is 0 Å². The second kappa shape index (κ2) is 7.51. The lowest BCUT2D eigenvalue weighted by molar-refractivity contribution is -0.121. The van der Waals surface area contributed by atoms with Gasteiger partial charge in [0.2, 0.25) is 5.91 Å². The molecule has 0 radical (unpaired) electrons. The molecule has 4 heteroatoms. The van der Waals surface area contributed by atoms with E-state index in [9.17, 15) is 4.79 Å². The summed E-state index contributed by atoms with van der Waals surface area (Å²) in [5, 5.41) is 6.07. The molecule has 0 spiro atoms. The predicted molar refractivity (Wildman–Crippen MR) is 80.8 cm³/mol. The Kier molecular flexibility index (Phi) is 6.32. The predicted octanol–water partition coefficient (Wildman–Crippen LogP) is 2.26. The van der Waals surface area contributed by atoms with Gasteiger partial charge in [-0.3, -0.25) is 4.79 Å². The van der Waals surface area contributed by atoms with Gasteiger partial charge in [0.05, 0.1) is 0 Å². The molecule has 1 aromatic rings. The number of amides is 1. The van der Waals surface area contributed by atoms with Crippen LogP contribution in [0.25, 0.3) is 0 Å². The fourth-order valence-corrected chi connectivity index (χ4v) is 2.56. The first-order valence-corrected chi connectivity index (χ1v) is 6.74. The SMILES string of the molecule is CNCCC(=O)NCC1(c2ccccc2)CCC1.Cl. The zero-order valence-corrected chi connectivity index (χ0v) is 12.3. The second-order valence-corrected chi connectivity index (χ2v) is 5.13. The zero-order valence-electron chi connectivity index (χ0n) is 11.4. The van der Waals surface area contributed by atoms with E-state index in [1.807, 2.05) is 13.1 Å². The molecule has 2 N–H and O–H groups in total. The first kappa shape index (κ1) is 16.0. The third kappa shape index (κ3) is 3.95. The number of nitrogens with one attached hydrogen (secondary N) is 2. The van der Waals surface area contributed by atoms with Crippen LogP contribution in [0.5, 0.6) is 0 Å². The first-order chi connectivity index (χ1) is 8.77. The van der Waals surface area contributed by atoms with E-state index in [2.05, 4.69) is 34.9 Å². The van der Waals surface area contributed by atoms with Crippen LogP contribution < -0.4 is 10.6 Å². The molecule has 0 aliphatic heterocycles. The Bertz CT molecular complexity index is 390. The van der Waals surface area contributed by atoms with Gasteiger partial charge in [-0.1, -0.05) is 36.8 Å². The average molecular weight is 283 g/mol. The molecule has 3 nitrogen and oxygen atoms in total. The minimum atomic E-state index is 0. The monoisotopic (exact) mass is 282 g/mol. The van der Waals surface area contributed by atoms with Gasteiger partial charge in [-0.05, 0) is 25.5 Å². The van der Waals surface area contributed by atoms with Crippen molar-refractivity contribution in [1.82, 2.24) is 10.6 Å². The van der Waals surface area contributed by atoms with Gasteiger partial charge in [-0.2, -0.15) is 0 Å². The maximum absolute atomic E-state index is 11.7. The molecule has 1 saturated carbocycles. The number of carbonyl (C=O) groups is 1. The van der Waals surface area contributed by atoms with Crippen molar-refractivity contribution in [3.05, 3.63) is 35.9 Å². The minimum absolute atomic E-state index is 0. The molecule has 0 bridgehead atoms. The highest BCUT2D eigenvalue weighted by Gasteiger charge is 2.38. The highest BCUT2D eigenvalue weighted by molar-refractivity contribution is 5.85. The van der Waals surface area contributed by atoms with E-state index < -0.39 is 0 Å². The van der Waals surface area contributed by atoms with Crippen LogP contribution in [-0.2, 0) is 10.2 Å². The van der Waals surface area contributed by atoms with Crippen molar-refractivity contribution in [2.45, 2.75) is 31.1 Å². The Labute approximate surface area is 121 Å². The number of hydrogen-bond donors (Lipinski definition) is 2. The van der Waals surface area contributed by atoms with Crippen molar-refractivity contribution in [2.75, 3.05) is 20.1 Å². The Morgan fingerprint density at radius 3 is 2.47 bits per heavy atom. The summed E-state index contributed by atoms with van der Waals surface area (Å²) < 4.78 is 0. The lowest BCUT2D eigenvalue weighted by Crippen LogP contribution is -2.45. The summed E-state index contributed by atoms with van der Waals surface area (Å²) >= 11 is 0. The van der Waals surface area contributed by atoms with E-state index in [4.69, 9.17) is 0 Å². The Hall–Kier alpha value is -1.06. The van der Waals surface area contributed by atoms with Crippen molar-refractivity contribution in [1.29, 1.82) is 0 Å². The van der Waals surface area contributed by atoms with E-state index in [0.717, 1.165) is 13.1 Å². The minimum Gasteiger partial charge on any atom is -0.355 e. The number of carbonyl (C=O) groups excluding carboxylic acids is 1. The standard InChI is InChI=1S/C15H22N2O.ClH/c1-16-11-8-14(18)17-12-15(9-5-10-15)13-6-3-2-4-7-13;/h2-4,6-7,16H,5,8-12H2,1H3,(H,17,18);1H. The highest BCUT2D eigenvalue weighted by Crippen LogP contribution is 2.43. The maximum atomic E-state index is 11.7. The Morgan fingerprint density at radius 1 is 1.26 bits per heavy atom. The van der Waals surface area contributed by atoms with Crippen LogP contribution in [0, 0.1) is 0 Å². The summed E-state index contributed by atoms with van der Waals surface area (Å²) in [5.74, 6) is 0.145. The molecule has 0 heterocycles. The normalized spacial score (nSPS) is 16.1. The van der Waals surface area contributed by atoms with E-state index in [1.54, 1.807) is 0 Å². The van der Waals surface area contributed by atoms with Gasteiger partial charge in [0.25, 0.3) is 0 Å². The number of hydrogen-bond acceptors (Lipinski definition) is 2. The van der Waals surface area contributed by atoms with E-state index in [-0.39, 0.29) is 23.7 Å². The average Bonchev–Trinajstić information content (AvgIpc) is 2.36. The van der Waals surface area contributed by atoms with Gasteiger partial charge in [0.1, 0.15) is 0 Å².